The molecule has 1 heteroatoms. The lowest BCUT2D eigenvalue weighted by atomic mass is 9.71. The van der Waals surface area contributed by atoms with Gasteiger partial charge in [0, 0.05) is 0 Å². The topological polar surface area (TPSA) is 17.1 Å². The van der Waals surface area contributed by atoms with Crippen molar-refractivity contribution in [2.24, 2.45) is 22.7 Å². The normalized spacial score (nSPS) is 36.1. The summed E-state index contributed by atoms with van der Waals surface area (Å²) in [5.74, 6) is 1.28. The van der Waals surface area contributed by atoms with Gasteiger partial charge in [0.2, 0.25) is 0 Å². The Labute approximate surface area is 99.3 Å². The third-order valence-electron chi connectivity index (χ3n) is 5.57. The fourth-order valence-corrected chi connectivity index (χ4v) is 4.19. The van der Waals surface area contributed by atoms with E-state index in [1.807, 2.05) is 0 Å². The summed E-state index contributed by atoms with van der Waals surface area (Å²) in [5, 5.41) is 0. The average molecular weight is 220 g/mol. The molecule has 0 heterocycles. The summed E-state index contributed by atoms with van der Waals surface area (Å²) in [6.07, 6.45) is 4.58. The smallest absolute Gasteiger partial charge is 0.146 e. The van der Waals surface area contributed by atoms with Crippen molar-refractivity contribution in [2.75, 3.05) is 0 Å². The van der Waals surface area contributed by atoms with E-state index < -0.39 is 0 Å². The Morgan fingerprint density at radius 3 is 2.44 bits per heavy atom. The predicted octanol–water partition coefficient (Wildman–Crippen LogP) is 3.98. The van der Waals surface area contributed by atoms with Gasteiger partial charge in [-0.1, -0.05) is 40.2 Å². The van der Waals surface area contributed by atoms with Gasteiger partial charge in [0.1, 0.15) is 6.29 Å². The van der Waals surface area contributed by atoms with Crippen molar-refractivity contribution >= 4 is 6.29 Å². The van der Waals surface area contributed by atoms with Crippen LogP contribution in [0, 0.1) is 22.7 Å². The van der Waals surface area contributed by atoms with Gasteiger partial charge >= 0.3 is 0 Å². The summed E-state index contributed by atoms with van der Waals surface area (Å²) in [7, 11) is 0. The molecule has 2 atom stereocenters. The van der Waals surface area contributed by atoms with Gasteiger partial charge in [0.25, 0.3) is 0 Å². The average Bonchev–Trinajstić information content (AvgIpc) is 2.38. The van der Waals surface area contributed by atoms with Crippen LogP contribution < -0.4 is 0 Å². The van der Waals surface area contributed by atoms with Crippen molar-refractivity contribution in [1.82, 2.24) is 0 Å². The molecule has 0 spiro atoms. The Morgan fingerprint density at radius 1 is 1.25 bits per heavy atom. The van der Waals surface area contributed by atoms with Crippen LogP contribution in [0.2, 0.25) is 0 Å². The Balaban J connectivity index is 2.60. The number of hydrogen-bond donors (Lipinski definition) is 0. The highest BCUT2D eigenvalue weighted by Gasteiger charge is 2.55. The highest BCUT2D eigenvalue weighted by atomic mass is 16.1. The molecule has 0 saturated heterocycles. The first kappa shape index (κ1) is 11.9. The maximum absolute atomic E-state index is 11.3. The molecule has 0 N–H and O–H groups in total. The van der Waals surface area contributed by atoms with Crippen LogP contribution in [0.5, 0.6) is 0 Å². The first-order chi connectivity index (χ1) is 7.33. The summed E-state index contributed by atoms with van der Waals surface area (Å²) in [5.41, 5.74) is 3.13. The number of allylic oxidation sites excluding steroid dienone is 2. The first-order valence-corrected chi connectivity index (χ1v) is 6.52. The zero-order valence-electron chi connectivity index (χ0n) is 11.3. The SMILES string of the molecule is C[C@H]1C(C)(C)C2=C(C=O)CCCC2C1(C)C. The zero-order valence-corrected chi connectivity index (χ0v) is 11.3. The van der Waals surface area contributed by atoms with Gasteiger partial charge in [-0.15, -0.1) is 0 Å². The van der Waals surface area contributed by atoms with E-state index in [4.69, 9.17) is 0 Å². The molecule has 2 aliphatic carbocycles. The van der Waals surface area contributed by atoms with Gasteiger partial charge in [-0.25, -0.2) is 0 Å². The van der Waals surface area contributed by atoms with Gasteiger partial charge in [-0.2, -0.15) is 0 Å². The lowest BCUT2D eigenvalue weighted by Gasteiger charge is -2.33. The maximum atomic E-state index is 11.3. The van der Waals surface area contributed by atoms with Crippen LogP contribution in [0.1, 0.15) is 53.9 Å². The van der Waals surface area contributed by atoms with Crippen molar-refractivity contribution in [3.05, 3.63) is 11.1 Å². The Bertz CT molecular complexity index is 346. The molecule has 0 aliphatic heterocycles. The molecule has 2 aliphatic rings. The quantitative estimate of drug-likeness (QED) is 0.611. The van der Waals surface area contributed by atoms with Crippen molar-refractivity contribution < 1.29 is 4.79 Å². The van der Waals surface area contributed by atoms with Gasteiger partial charge in [0.15, 0.2) is 0 Å². The number of carbonyl (C=O) groups excluding carboxylic acids is 1. The van der Waals surface area contributed by atoms with Gasteiger partial charge < -0.3 is 0 Å². The summed E-state index contributed by atoms with van der Waals surface area (Å²) >= 11 is 0. The van der Waals surface area contributed by atoms with E-state index in [9.17, 15) is 4.79 Å². The first-order valence-electron chi connectivity index (χ1n) is 6.52. The second-order valence-electron chi connectivity index (χ2n) is 6.77. The van der Waals surface area contributed by atoms with Crippen LogP contribution in [0.3, 0.4) is 0 Å². The third-order valence-corrected chi connectivity index (χ3v) is 5.57. The molecule has 1 fully saturated rings. The largest absolute Gasteiger partial charge is 0.298 e. The number of rotatable bonds is 1. The second kappa shape index (κ2) is 3.45. The van der Waals surface area contributed by atoms with Crippen LogP contribution in [0.4, 0.5) is 0 Å². The highest BCUT2D eigenvalue weighted by Crippen LogP contribution is 2.63. The van der Waals surface area contributed by atoms with E-state index in [0.717, 1.165) is 18.3 Å². The van der Waals surface area contributed by atoms with Gasteiger partial charge in [-0.3, -0.25) is 4.79 Å². The molecule has 16 heavy (non-hydrogen) atoms. The van der Waals surface area contributed by atoms with Crippen LogP contribution in [-0.2, 0) is 4.79 Å². The molecule has 0 radical (unpaired) electrons. The molecule has 90 valence electrons. The minimum absolute atomic E-state index is 0.199. The maximum Gasteiger partial charge on any atom is 0.146 e. The van der Waals surface area contributed by atoms with Crippen LogP contribution in [-0.4, -0.2) is 6.29 Å². The van der Waals surface area contributed by atoms with Crippen molar-refractivity contribution in [3.63, 3.8) is 0 Å². The Morgan fingerprint density at radius 2 is 1.88 bits per heavy atom. The number of fused-ring (bicyclic) bond motifs is 1. The van der Waals surface area contributed by atoms with Crippen LogP contribution >= 0.6 is 0 Å². The Hall–Kier alpha value is -0.590. The molecule has 1 unspecified atom stereocenters. The van der Waals surface area contributed by atoms with E-state index in [0.29, 0.717) is 17.3 Å². The van der Waals surface area contributed by atoms with Gasteiger partial charge in [0.05, 0.1) is 0 Å². The van der Waals surface area contributed by atoms with Crippen LogP contribution in [0.15, 0.2) is 11.1 Å². The highest BCUT2D eigenvalue weighted by molar-refractivity contribution is 5.76. The molecule has 0 aromatic rings. The predicted molar refractivity (Wildman–Crippen MR) is 67.2 cm³/mol. The summed E-state index contributed by atoms with van der Waals surface area (Å²) < 4.78 is 0. The third kappa shape index (κ3) is 1.33. The lowest BCUT2D eigenvalue weighted by Crippen LogP contribution is -2.27. The number of carbonyl (C=O) groups is 1. The lowest BCUT2D eigenvalue weighted by molar-refractivity contribution is -0.105. The molecule has 0 aromatic carbocycles. The van der Waals surface area contributed by atoms with E-state index in [1.54, 1.807) is 0 Å². The Kier molecular flexibility index (Phi) is 2.56. The molecular weight excluding hydrogens is 196 g/mol. The van der Waals surface area contributed by atoms with E-state index >= 15 is 0 Å². The van der Waals surface area contributed by atoms with Crippen molar-refractivity contribution in [3.8, 4) is 0 Å². The van der Waals surface area contributed by atoms with E-state index in [1.165, 1.54) is 18.4 Å². The summed E-state index contributed by atoms with van der Waals surface area (Å²) in [6, 6.07) is 0. The van der Waals surface area contributed by atoms with E-state index in [2.05, 4.69) is 34.6 Å². The zero-order chi connectivity index (χ0) is 12.1. The molecular formula is C15H24O. The number of aldehydes is 1. The van der Waals surface area contributed by atoms with Crippen molar-refractivity contribution in [1.29, 1.82) is 0 Å². The van der Waals surface area contributed by atoms with E-state index in [-0.39, 0.29) is 5.41 Å². The minimum atomic E-state index is 0.199. The summed E-state index contributed by atoms with van der Waals surface area (Å²) in [4.78, 5) is 11.3. The van der Waals surface area contributed by atoms with Gasteiger partial charge in [-0.05, 0) is 47.5 Å². The standard InChI is InChI=1S/C15H24O/c1-10-14(2,3)12-8-6-7-11(9-16)13(12)15(10,4)5/h9-10,12H,6-8H2,1-5H3/t10-,12?/m1/s1. The molecule has 1 saturated carbocycles. The minimum Gasteiger partial charge on any atom is -0.298 e. The molecule has 0 aromatic heterocycles. The molecule has 1 nitrogen and oxygen atoms in total. The molecule has 2 rings (SSSR count). The fourth-order valence-electron chi connectivity index (χ4n) is 4.19. The summed E-state index contributed by atoms with van der Waals surface area (Å²) in [6.45, 7) is 11.8. The number of hydrogen-bond acceptors (Lipinski definition) is 1. The van der Waals surface area contributed by atoms with Crippen LogP contribution in [0.25, 0.3) is 0 Å². The molecule has 0 bridgehead atoms. The molecule has 0 amide bonds. The fraction of sp³-hybridized carbons (Fsp3) is 0.800. The monoisotopic (exact) mass is 220 g/mol. The van der Waals surface area contributed by atoms with Crippen molar-refractivity contribution in [2.45, 2.75) is 53.9 Å². The second-order valence-corrected chi connectivity index (χ2v) is 6.77.